The number of nitrogen functional groups attached to an aromatic ring is 1. The van der Waals surface area contributed by atoms with Gasteiger partial charge in [0.2, 0.25) is 0 Å². The summed E-state index contributed by atoms with van der Waals surface area (Å²) >= 11 is 0. The SMILES string of the molecule is Nc1ccc(F)cc1C(=O)NC1(CO)CCC1. The zero-order chi connectivity index (χ0) is 12.5. The highest BCUT2D eigenvalue weighted by Crippen LogP contribution is 2.31. The fourth-order valence-corrected chi connectivity index (χ4v) is 1.96. The maximum atomic E-state index is 13.0. The average Bonchev–Trinajstić information content (AvgIpc) is 2.26. The molecule has 0 atom stereocenters. The minimum Gasteiger partial charge on any atom is -0.398 e. The summed E-state index contributed by atoms with van der Waals surface area (Å²) < 4.78 is 13.0. The molecule has 1 aromatic carbocycles. The number of halogens is 1. The molecule has 1 aliphatic carbocycles. The first-order valence-corrected chi connectivity index (χ1v) is 5.55. The van der Waals surface area contributed by atoms with Gasteiger partial charge in [-0.15, -0.1) is 0 Å². The van der Waals surface area contributed by atoms with Crippen LogP contribution in [0.1, 0.15) is 29.6 Å². The number of rotatable bonds is 3. The van der Waals surface area contributed by atoms with E-state index in [9.17, 15) is 14.3 Å². The number of nitrogens with one attached hydrogen (secondary N) is 1. The molecule has 0 bridgehead atoms. The van der Waals surface area contributed by atoms with Crippen LogP contribution >= 0.6 is 0 Å². The molecule has 1 aromatic rings. The lowest BCUT2D eigenvalue weighted by molar-refractivity contribution is 0.0642. The summed E-state index contributed by atoms with van der Waals surface area (Å²) in [4.78, 5) is 11.9. The monoisotopic (exact) mass is 238 g/mol. The number of nitrogens with two attached hydrogens (primary N) is 1. The van der Waals surface area contributed by atoms with Crippen LogP contribution in [0.4, 0.5) is 10.1 Å². The number of aliphatic hydroxyl groups is 1. The van der Waals surface area contributed by atoms with E-state index in [1.54, 1.807) is 0 Å². The Labute approximate surface area is 98.6 Å². The molecule has 0 saturated heterocycles. The molecule has 2 rings (SSSR count). The van der Waals surface area contributed by atoms with Crippen molar-refractivity contribution in [1.82, 2.24) is 5.32 Å². The maximum Gasteiger partial charge on any atom is 0.253 e. The van der Waals surface area contributed by atoms with Crippen molar-refractivity contribution in [3.63, 3.8) is 0 Å². The normalized spacial score (nSPS) is 17.3. The number of carbonyl (C=O) groups is 1. The predicted octanol–water partition coefficient (Wildman–Crippen LogP) is 1.05. The highest BCUT2D eigenvalue weighted by Gasteiger charge is 2.38. The van der Waals surface area contributed by atoms with E-state index in [-0.39, 0.29) is 17.9 Å². The van der Waals surface area contributed by atoms with E-state index in [0.717, 1.165) is 25.3 Å². The van der Waals surface area contributed by atoms with Gasteiger partial charge in [0.15, 0.2) is 0 Å². The summed E-state index contributed by atoms with van der Waals surface area (Å²) in [6.45, 7) is -0.103. The van der Waals surface area contributed by atoms with E-state index < -0.39 is 17.3 Å². The van der Waals surface area contributed by atoms with Gasteiger partial charge in [-0.3, -0.25) is 4.79 Å². The second-order valence-corrected chi connectivity index (χ2v) is 4.48. The molecule has 0 radical (unpaired) electrons. The fraction of sp³-hybridized carbons (Fsp3) is 0.417. The van der Waals surface area contributed by atoms with Gasteiger partial charge in [0, 0.05) is 5.69 Å². The third-order valence-corrected chi connectivity index (χ3v) is 3.25. The van der Waals surface area contributed by atoms with Gasteiger partial charge in [-0.05, 0) is 37.5 Å². The lowest BCUT2D eigenvalue weighted by Crippen LogP contribution is -2.56. The van der Waals surface area contributed by atoms with Crippen LogP contribution in [0.3, 0.4) is 0 Å². The number of anilines is 1. The quantitative estimate of drug-likeness (QED) is 0.689. The molecule has 1 fully saturated rings. The lowest BCUT2D eigenvalue weighted by atomic mass is 9.77. The van der Waals surface area contributed by atoms with Crippen LogP contribution in [0.2, 0.25) is 0 Å². The highest BCUT2D eigenvalue weighted by atomic mass is 19.1. The Hall–Kier alpha value is -1.62. The van der Waals surface area contributed by atoms with Crippen molar-refractivity contribution in [2.45, 2.75) is 24.8 Å². The average molecular weight is 238 g/mol. The summed E-state index contributed by atoms with van der Waals surface area (Å²) in [5.41, 5.74) is 5.42. The van der Waals surface area contributed by atoms with Gasteiger partial charge < -0.3 is 16.2 Å². The van der Waals surface area contributed by atoms with Gasteiger partial charge >= 0.3 is 0 Å². The van der Waals surface area contributed by atoms with Crippen molar-refractivity contribution in [1.29, 1.82) is 0 Å². The van der Waals surface area contributed by atoms with Gasteiger partial charge in [-0.25, -0.2) is 4.39 Å². The van der Waals surface area contributed by atoms with Crippen molar-refractivity contribution >= 4 is 11.6 Å². The largest absolute Gasteiger partial charge is 0.398 e. The molecule has 1 aliphatic rings. The first kappa shape index (κ1) is 11.9. The van der Waals surface area contributed by atoms with E-state index in [2.05, 4.69) is 5.32 Å². The minimum atomic E-state index is -0.546. The van der Waals surface area contributed by atoms with Crippen molar-refractivity contribution in [2.24, 2.45) is 0 Å². The fourth-order valence-electron chi connectivity index (χ4n) is 1.96. The Bertz CT molecular complexity index is 439. The molecule has 17 heavy (non-hydrogen) atoms. The Morgan fingerprint density at radius 2 is 2.24 bits per heavy atom. The van der Waals surface area contributed by atoms with Gasteiger partial charge in [-0.2, -0.15) is 0 Å². The number of hydrogen-bond acceptors (Lipinski definition) is 3. The summed E-state index contributed by atoms with van der Waals surface area (Å²) in [5.74, 6) is -0.938. The first-order chi connectivity index (χ1) is 8.06. The summed E-state index contributed by atoms with van der Waals surface area (Å²) in [5, 5.41) is 12.0. The molecular formula is C12H15FN2O2. The minimum absolute atomic E-state index is 0.103. The molecular weight excluding hydrogens is 223 g/mol. The summed E-state index contributed by atoms with van der Waals surface area (Å²) in [6, 6.07) is 3.67. The van der Waals surface area contributed by atoms with Gasteiger partial charge in [0.25, 0.3) is 5.91 Å². The zero-order valence-corrected chi connectivity index (χ0v) is 9.37. The van der Waals surface area contributed by atoms with E-state index in [4.69, 9.17) is 5.73 Å². The van der Waals surface area contributed by atoms with Crippen molar-refractivity contribution < 1.29 is 14.3 Å². The van der Waals surface area contributed by atoms with E-state index in [0.29, 0.717) is 0 Å². The number of aliphatic hydroxyl groups excluding tert-OH is 1. The molecule has 92 valence electrons. The highest BCUT2D eigenvalue weighted by molar-refractivity contribution is 5.99. The molecule has 0 aliphatic heterocycles. The molecule has 4 nitrogen and oxygen atoms in total. The molecule has 0 heterocycles. The first-order valence-electron chi connectivity index (χ1n) is 5.55. The lowest BCUT2D eigenvalue weighted by Gasteiger charge is -2.41. The molecule has 4 N–H and O–H groups in total. The zero-order valence-electron chi connectivity index (χ0n) is 9.37. The Kier molecular flexibility index (Phi) is 3.02. The summed E-state index contributed by atoms with van der Waals surface area (Å²) in [7, 11) is 0. The van der Waals surface area contributed by atoms with Crippen LogP contribution in [0.25, 0.3) is 0 Å². The molecule has 1 amide bonds. The van der Waals surface area contributed by atoms with Crippen LogP contribution < -0.4 is 11.1 Å². The Morgan fingerprint density at radius 3 is 2.76 bits per heavy atom. The predicted molar refractivity (Wildman–Crippen MR) is 61.9 cm³/mol. The molecule has 0 spiro atoms. The topological polar surface area (TPSA) is 75.4 Å². The van der Waals surface area contributed by atoms with Crippen molar-refractivity contribution in [3.05, 3.63) is 29.6 Å². The number of amides is 1. The van der Waals surface area contributed by atoms with Gasteiger partial charge in [0.05, 0.1) is 17.7 Å². The van der Waals surface area contributed by atoms with Gasteiger partial charge in [-0.1, -0.05) is 0 Å². The second kappa shape index (κ2) is 4.33. The van der Waals surface area contributed by atoms with Gasteiger partial charge in [0.1, 0.15) is 5.82 Å². The van der Waals surface area contributed by atoms with Crippen LogP contribution in [0, 0.1) is 5.82 Å². The maximum absolute atomic E-state index is 13.0. The van der Waals surface area contributed by atoms with Crippen LogP contribution in [0.5, 0.6) is 0 Å². The Balaban J connectivity index is 2.17. The van der Waals surface area contributed by atoms with Crippen LogP contribution in [-0.2, 0) is 0 Å². The van der Waals surface area contributed by atoms with E-state index in [1.165, 1.54) is 12.1 Å². The standard InChI is InChI=1S/C12H15FN2O2/c13-8-2-3-10(14)9(6-8)11(17)15-12(7-16)4-1-5-12/h2-3,6,16H,1,4-5,7,14H2,(H,15,17). The Morgan fingerprint density at radius 1 is 1.53 bits per heavy atom. The van der Waals surface area contributed by atoms with Crippen LogP contribution in [0.15, 0.2) is 18.2 Å². The third-order valence-electron chi connectivity index (χ3n) is 3.25. The van der Waals surface area contributed by atoms with E-state index >= 15 is 0 Å². The number of benzene rings is 1. The third kappa shape index (κ3) is 2.24. The molecule has 5 heteroatoms. The number of hydrogen-bond donors (Lipinski definition) is 3. The molecule has 0 unspecified atom stereocenters. The number of carbonyl (C=O) groups excluding carboxylic acids is 1. The van der Waals surface area contributed by atoms with E-state index in [1.807, 2.05) is 0 Å². The molecule has 1 saturated carbocycles. The van der Waals surface area contributed by atoms with Crippen molar-refractivity contribution in [3.8, 4) is 0 Å². The smallest absolute Gasteiger partial charge is 0.253 e. The second-order valence-electron chi connectivity index (χ2n) is 4.48. The van der Waals surface area contributed by atoms with Crippen molar-refractivity contribution in [2.75, 3.05) is 12.3 Å². The van der Waals surface area contributed by atoms with Crippen LogP contribution in [-0.4, -0.2) is 23.2 Å². The summed E-state index contributed by atoms with van der Waals surface area (Å²) in [6.07, 6.45) is 2.45. The molecule has 0 aromatic heterocycles.